The first-order valence-electron chi connectivity index (χ1n) is 8.75. The van der Waals surface area contributed by atoms with Gasteiger partial charge in [0.05, 0.1) is 6.10 Å². The number of aryl methyl sites for hydroxylation is 1. The number of carbonyl (C=O) groups excluding carboxylic acids is 1. The molecule has 3 rings (SSSR count). The topological polar surface area (TPSA) is 76.1 Å². The minimum Gasteiger partial charge on any atom is -0.491 e. The van der Waals surface area contributed by atoms with Crippen molar-refractivity contribution in [2.45, 2.75) is 26.9 Å². The van der Waals surface area contributed by atoms with Crippen LogP contribution in [0.4, 0.5) is 17.2 Å². The van der Waals surface area contributed by atoms with Gasteiger partial charge >= 0.3 is 0 Å². The van der Waals surface area contributed by atoms with Gasteiger partial charge in [-0.2, -0.15) is 0 Å². The second-order valence-electron chi connectivity index (χ2n) is 6.44. The molecule has 6 heteroatoms. The van der Waals surface area contributed by atoms with Crippen LogP contribution in [-0.4, -0.2) is 22.2 Å². The van der Waals surface area contributed by atoms with Crippen molar-refractivity contribution in [2.75, 3.05) is 10.6 Å². The van der Waals surface area contributed by atoms with E-state index in [9.17, 15) is 4.79 Å². The Balaban J connectivity index is 1.61. The largest absolute Gasteiger partial charge is 0.491 e. The van der Waals surface area contributed by atoms with E-state index >= 15 is 0 Å². The van der Waals surface area contributed by atoms with E-state index in [-0.39, 0.29) is 17.7 Å². The monoisotopic (exact) mass is 362 g/mol. The van der Waals surface area contributed by atoms with Gasteiger partial charge in [0.1, 0.15) is 5.75 Å². The average Bonchev–Trinajstić information content (AvgIpc) is 2.63. The van der Waals surface area contributed by atoms with E-state index in [2.05, 4.69) is 20.8 Å². The standard InChI is InChI=1S/C21H22N4O2/c1-14(2)27-18-9-7-16(8-10-18)23-21(26)19-11-12-20(25-24-19)22-17-6-4-5-15(3)13-17/h4-14H,1-3H3,(H,22,25)(H,23,26). The predicted molar refractivity (Wildman–Crippen MR) is 107 cm³/mol. The number of ether oxygens (including phenoxy) is 1. The Bertz CT molecular complexity index is 906. The fraction of sp³-hybridized carbons (Fsp3) is 0.190. The van der Waals surface area contributed by atoms with Crippen LogP contribution in [0.2, 0.25) is 0 Å². The molecule has 138 valence electrons. The Kier molecular flexibility index (Phi) is 5.66. The fourth-order valence-electron chi connectivity index (χ4n) is 2.47. The zero-order valence-corrected chi connectivity index (χ0v) is 15.6. The summed E-state index contributed by atoms with van der Waals surface area (Å²) in [6.45, 7) is 5.95. The molecule has 2 N–H and O–H groups in total. The van der Waals surface area contributed by atoms with Crippen LogP contribution < -0.4 is 15.4 Å². The van der Waals surface area contributed by atoms with E-state index in [1.807, 2.05) is 57.2 Å². The quantitative estimate of drug-likeness (QED) is 0.672. The highest BCUT2D eigenvalue weighted by Crippen LogP contribution is 2.18. The van der Waals surface area contributed by atoms with Crippen molar-refractivity contribution in [2.24, 2.45) is 0 Å². The van der Waals surface area contributed by atoms with Crippen LogP contribution in [0.3, 0.4) is 0 Å². The third-order valence-electron chi connectivity index (χ3n) is 3.67. The summed E-state index contributed by atoms with van der Waals surface area (Å²) in [5.41, 5.74) is 2.98. The van der Waals surface area contributed by atoms with Crippen LogP contribution in [0, 0.1) is 6.92 Å². The van der Waals surface area contributed by atoms with Crippen molar-refractivity contribution in [3.05, 3.63) is 71.9 Å². The van der Waals surface area contributed by atoms with Gasteiger partial charge in [0.15, 0.2) is 11.5 Å². The van der Waals surface area contributed by atoms with Crippen LogP contribution in [0.5, 0.6) is 5.75 Å². The maximum absolute atomic E-state index is 12.3. The van der Waals surface area contributed by atoms with Crippen LogP contribution in [0.1, 0.15) is 29.9 Å². The molecule has 0 aliphatic carbocycles. The van der Waals surface area contributed by atoms with Gasteiger partial charge in [-0.15, -0.1) is 10.2 Å². The van der Waals surface area contributed by atoms with Crippen molar-refractivity contribution in [1.29, 1.82) is 0 Å². The molecule has 3 aromatic rings. The summed E-state index contributed by atoms with van der Waals surface area (Å²) in [5.74, 6) is 1.02. The molecular formula is C21H22N4O2. The zero-order chi connectivity index (χ0) is 19.2. The average molecular weight is 362 g/mol. The fourth-order valence-corrected chi connectivity index (χ4v) is 2.47. The number of benzene rings is 2. The molecule has 0 aliphatic heterocycles. The first kappa shape index (κ1) is 18.4. The summed E-state index contributed by atoms with van der Waals surface area (Å²) in [5, 5.41) is 14.0. The van der Waals surface area contributed by atoms with Gasteiger partial charge in [-0.25, -0.2) is 0 Å². The van der Waals surface area contributed by atoms with Crippen molar-refractivity contribution in [3.8, 4) is 5.75 Å². The second-order valence-corrected chi connectivity index (χ2v) is 6.44. The molecule has 2 aromatic carbocycles. The summed E-state index contributed by atoms with van der Waals surface area (Å²) in [6.07, 6.45) is 0.104. The molecule has 0 fully saturated rings. The lowest BCUT2D eigenvalue weighted by Gasteiger charge is -2.10. The summed E-state index contributed by atoms with van der Waals surface area (Å²) in [7, 11) is 0. The van der Waals surface area contributed by atoms with Crippen molar-refractivity contribution < 1.29 is 9.53 Å². The van der Waals surface area contributed by atoms with Crippen molar-refractivity contribution in [3.63, 3.8) is 0 Å². The number of hydrogen-bond acceptors (Lipinski definition) is 5. The van der Waals surface area contributed by atoms with E-state index in [0.29, 0.717) is 11.5 Å². The van der Waals surface area contributed by atoms with Crippen LogP contribution >= 0.6 is 0 Å². The molecule has 0 spiro atoms. The van der Waals surface area contributed by atoms with E-state index in [0.717, 1.165) is 17.0 Å². The Morgan fingerprint density at radius 2 is 1.74 bits per heavy atom. The summed E-state index contributed by atoms with van der Waals surface area (Å²) >= 11 is 0. The molecule has 0 saturated heterocycles. The molecular weight excluding hydrogens is 340 g/mol. The highest BCUT2D eigenvalue weighted by molar-refractivity contribution is 6.02. The second kappa shape index (κ2) is 8.31. The summed E-state index contributed by atoms with van der Waals surface area (Å²) in [4.78, 5) is 12.3. The molecule has 0 atom stereocenters. The van der Waals surface area contributed by atoms with Crippen molar-refractivity contribution >= 4 is 23.1 Å². The molecule has 27 heavy (non-hydrogen) atoms. The lowest BCUT2D eigenvalue weighted by molar-refractivity contribution is 0.102. The molecule has 0 radical (unpaired) electrons. The molecule has 1 heterocycles. The van der Waals surface area contributed by atoms with Gasteiger partial charge in [0, 0.05) is 11.4 Å². The number of nitrogens with zero attached hydrogens (tertiary/aromatic N) is 2. The maximum atomic E-state index is 12.3. The molecule has 0 saturated carbocycles. The van der Waals surface area contributed by atoms with Gasteiger partial charge < -0.3 is 15.4 Å². The predicted octanol–water partition coefficient (Wildman–Crippen LogP) is 4.57. The van der Waals surface area contributed by atoms with Crippen molar-refractivity contribution in [1.82, 2.24) is 10.2 Å². The van der Waals surface area contributed by atoms with Gasteiger partial charge in [-0.05, 0) is 74.9 Å². The SMILES string of the molecule is Cc1cccc(Nc2ccc(C(=O)Nc3ccc(OC(C)C)cc3)nn2)c1. The first-order valence-corrected chi connectivity index (χ1v) is 8.75. The highest BCUT2D eigenvalue weighted by atomic mass is 16.5. The Hall–Kier alpha value is -3.41. The van der Waals surface area contributed by atoms with E-state index in [4.69, 9.17) is 4.74 Å². The molecule has 0 aliphatic rings. The van der Waals surface area contributed by atoms with Crippen LogP contribution in [-0.2, 0) is 0 Å². The number of anilines is 3. The first-order chi connectivity index (χ1) is 13.0. The van der Waals surface area contributed by atoms with Gasteiger partial charge in [0.2, 0.25) is 0 Å². The Morgan fingerprint density at radius 3 is 2.37 bits per heavy atom. The normalized spacial score (nSPS) is 10.5. The maximum Gasteiger partial charge on any atom is 0.276 e. The number of carbonyl (C=O) groups is 1. The summed E-state index contributed by atoms with van der Waals surface area (Å²) < 4.78 is 5.59. The third kappa shape index (κ3) is 5.28. The number of nitrogens with one attached hydrogen (secondary N) is 2. The number of amides is 1. The van der Waals surface area contributed by atoms with Gasteiger partial charge in [-0.3, -0.25) is 4.79 Å². The molecule has 0 unspecified atom stereocenters. The minimum absolute atomic E-state index is 0.104. The Morgan fingerprint density at radius 1 is 0.963 bits per heavy atom. The highest BCUT2D eigenvalue weighted by Gasteiger charge is 2.09. The molecule has 0 bridgehead atoms. The third-order valence-corrected chi connectivity index (χ3v) is 3.67. The van der Waals surface area contributed by atoms with Gasteiger partial charge in [-0.1, -0.05) is 12.1 Å². The molecule has 1 amide bonds. The lowest BCUT2D eigenvalue weighted by Crippen LogP contribution is -2.14. The Labute approximate surface area is 158 Å². The van der Waals surface area contributed by atoms with Crippen LogP contribution in [0.15, 0.2) is 60.7 Å². The number of aromatic nitrogens is 2. The summed E-state index contributed by atoms with van der Waals surface area (Å²) in [6, 6.07) is 18.5. The lowest BCUT2D eigenvalue weighted by atomic mass is 10.2. The number of hydrogen-bond donors (Lipinski definition) is 2. The van der Waals surface area contributed by atoms with E-state index < -0.39 is 0 Å². The number of rotatable bonds is 6. The van der Waals surface area contributed by atoms with Gasteiger partial charge in [0.25, 0.3) is 5.91 Å². The molecule has 1 aromatic heterocycles. The molecule has 6 nitrogen and oxygen atoms in total. The van der Waals surface area contributed by atoms with Crippen LogP contribution in [0.25, 0.3) is 0 Å². The smallest absolute Gasteiger partial charge is 0.276 e. The zero-order valence-electron chi connectivity index (χ0n) is 15.6. The van der Waals surface area contributed by atoms with E-state index in [1.165, 1.54) is 0 Å². The minimum atomic E-state index is -0.317. The van der Waals surface area contributed by atoms with E-state index in [1.54, 1.807) is 24.3 Å².